The van der Waals surface area contributed by atoms with Gasteiger partial charge in [0, 0.05) is 24.5 Å². The van der Waals surface area contributed by atoms with Crippen LogP contribution in [0.4, 0.5) is 0 Å². The van der Waals surface area contributed by atoms with Crippen LogP contribution in [0.25, 0.3) is 0 Å². The van der Waals surface area contributed by atoms with Gasteiger partial charge in [-0.3, -0.25) is 4.79 Å². The Kier molecular flexibility index (Phi) is 3.92. The Bertz CT molecular complexity index is 599. The summed E-state index contributed by atoms with van der Waals surface area (Å²) in [4.78, 5) is 17.8. The number of carbonyl (C=O) groups is 1. The molecule has 0 radical (unpaired) electrons. The second kappa shape index (κ2) is 5.94. The Morgan fingerprint density at radius 3 is 2.65 bits per heavy atom. The zero-order valence-corrected chi connectivity index (χ0v) is 14.4. The molecule has 1 aromatic rings. The highest BCUT2D eigenvalue weighted by Gasteiger charge is 2.49. The minimum Gasteiger partial charge on any atom is -0.338 e. The third-order valence-corrected chi connectivity index (χ3v) is 6.18. The van der Waals surface area contributed by atoms with E-state index in [1.54, 1.807) is 0 Å². The number of hydrogen-bond donors (Lipinski definition) is 0. The van der Waals surface area contributed by atoms with E-state index < -0.39 is 0 Å². The number of rotatable bonds is 3. The molecule has 3 fully saturated rings. The molecule has 3 aliphatic rings. The smallest absolute Gasteiger partial charge is 0.226 e. The molecule has 0 aromatic heterocycles. The average Bonchev–Trinajstić information content (AvgIpc) is 2.99. The predicted octanol–water partition coefficient (Wildman–Crippen LogP) is 3.18. The van der Waals surface area contributed by atoms with Crippen LogP contribution in [-0.4, -0.2) is 47.9 Å². The highest BCUT2D eigenvalue weighted by atomic mass is 16.2. The van der Waals surface area contributed by atoms with Crippen LogP contribution in [-0.2, 0) is 4.79 Å². The Labute approximate surface area is 139 Å². The largest absolute Gasteiger partial charge is 0.338 e. The number of amides is 1. The molecule has 2 heterocycles. The monoisotopic (exact) mass is 312 g/mol. The van der Waals surface area contributed by atoms with Gasteiger partial charge in [-0.2, -0.15) is 0 Å². The van der Waals surface area contributed by atoms with Crippen molar-refractivity contribution in [1.82, 2.24) is 9.80 Å². The summed E-state index contributed by atoms with van der Waals surface area (Å²) in [5.41, 5.74) is 2.66. The lowest BCUT2D eigenvalue weighted by molar-refractivity contribution is -0.134. The zero-order valence-electron chi connectivity index (χ0n) is 14.4. The number of nitrogens with zero attached hydrogens (tertiary/aromatic N) is 2. The maximum absolute atomic E-state index is 13.1. The van der Waals surface area contributed by atoms with Gasteiger partial charge < -0.3 is 9.80 Å². The molecule has 3 nitrogen and oxygen atoms in total. The third-order valence-electron chi connectivity index (χ3n) is 6.18. The molecular weight excluding hydrogens is 284 g/mol. The molecule has 1 amide bonds. The lowest BCUT2D eigenvalue weighted by atomic mass is 10.0. The lowest BCUT2D eigenvalue weighted by Crippen LogP contribution is -2.47. The molecule has 23 heavy (non-hydrogen) atoms. The van der Waals surface area contributed by atoms with Crippen LogP contribution in [0, 0.1) is 12.8 Å². The minimum absolute atomic E-state index is 0.240. The summed E-state index contributed by atoms with van der Waals surface area (Å²) in [5, 5.41) is 0. The fraction of sp³-hybridized carbons (Fsp3) is 0.650. The maximum atomic E-state index is 13.1. The quantitative estimate of drug-likeness (QED) is 0.856. The van der Waals surface area contributed by atoms with Crippen LogP contribution < -0.4 is 0 Å². The first-order valence-corrected chi connectivity index (χ1v) is 9.22. The standard InChI is InChI=1S/C20H28N2O/c1-14-6-3-7-15(12-14)16-13-17(16)20(23)22-11-5-9-19(22)18-8-4-10-21(18)2/h3,6-7,12,16-19H,4-5,8-11,13H2,1-2H3/t16-,17-,18-,19+/m0/s1. The summed E-state index contributed by atoms with van der Waals surface area (Å²) in [7, 11) is 2.23. The normalized spacial score (nSPS) is 34.1. The van der Waals surface area contributed by atoms with Gasteiger partial charge in [0.2, 0.25) is 5.91 Å². The number of hydrogen-bond acceptors (Lipinski definition) is 2. The van der Waals surface area contributed by atoms with Crippen molar-refractivity contribution in [3.05, 3.63) is 35.4 Å². The SMILES string of the molecule is Cc1cccc([C@@H]2C[C@@H]2C(=O)N2CCC[C@@H]2[C@@H]2CCCN2C)c1. The molecule has 3 heteroatoms. The topological polar surface area (TPSA) is 23.6 Å². The molecule has 124 valence electrons. The molecule has 4 rings (SSSR count). The van der Waals surface area contributed by atoms with Crippen molar-refractivity contribution >= 4 is 5.91 Å². The number of likely N-dealkylation sites (N-methyl/N-ethyl adjacent to an activating group) is 1. The van der Waals surface area contributed by atoms with E-state index in [0.29, 0.717) is 23.9 Å². The second-order valence-electron chi connectivity index (χ2n) is 7.79. The molecule has 0 spiro atoms. The summed E-state index contributed by atoms with van der Waals surface area (Å²) >= 11 is 0. The van der Waals surface area contributed by atoms with Gasteiger partial charge >= 0.3 is 0 Å². The zero-order chi connectivity index (χ0) is 16.0. The second-order valence-corrected chi connectivity index (χ2v) is 7.79. The molecule has 0 N–H and O–H groups in total. The molecule has 1 aromatic carbocycles. The Morgan fingerprint density at radius 1 is 1.13 bits per heavy atom. The van der Waals surface area contributed by atoms with Gasteiger partial charge in [0.25, 0.3) is 0 Å². The first kappa shape index (κ1) is 15.2. The van der Waals surface area contributed by atoms with Crippen LogP contribution in [0.2, 0.25) is 0 Å². The molecular formula is C20H28N2O. The number of likely N-dealkylation sites (tertiary alicyclic amines) is 2. The molecule has 1 aliphatic carbocycles. The van der Waals surface area contributed by atoms with E-state index in [2.05, 4.69) is 48.0 Å². The van der Waals surface area contributed by atoms with E-state index in [-0.39, 0.29) is 5.92 Å². The van der Waals surface area contributed by atoms with Crippen LogP contribution in [0.1, 0.15) is 49.1 Å². The Morgan fingerprint density at radius 2 is 1.91 bits per heavy atom. The van der Waals surface area contributed by atoms with Crippen molar-refractivity contribution in [1.29, 1.82) is 0 Å². The average molecular weight is 312 g/mol. The van der Waals surface area contributed by atoms with Gasteiger partial charge in [-0.25, -0.2) is 0 Å². The fourth-order valence-corrected chi connectivity index (χ4v) is 4.84. The van der Waals surface area contributed by atoms with Crippen molar-refractivity contribution < 1.29 is 4.79 Å². The van der Waals surface area contributed by atoms with Gasteiger partial charge in [-0.15, -0.1) is 0 Å². The summed E-state index contributed by atoms with van der Waals surface area (Å²) in [6.07, 6.45) is 5.98. The van der Waals surface area contributed by atoms with Crippen LogP contribution in [0.3, 0.4) is 0 Å². The summed E-state index contributed by atoms with van der Waals surface area (Å²) in [5.74, 6) is 1.13. The maximum Gasteiger partial charge on any atom is 0.226 e. The van der Waals surface area contributed by atoms with Crippen molar-refractivity contribution in [2.45, 2.75) is 57.0 Å². The highest BCUT2D eigenvalue weighted by Crippen LogP contribution is 2.49. The third kappa shape index (κ3) is 2.80. The van der Waals surface area contributed by atoms with E-state index in [0.717, 1.165) is 13.0 Å². The molecule has 0 bridgehead atoms. The van der Waals surface area contributed by atoms with Crippen molar-refractivity contribution in [2.24, 2.45) is 5.92 Å². The molecule has 1 saturated carbocycles. The molecule has 2 aliphatic heterocycles. The van der Waals surface area contributed by atoms with Gasteiger partial charge in [0.05, 0.1) is 0 Å². The number of aryl methyl sites for hydroxylation is 1. The summed E-state index contributed by atoms with van der Waals surface area (Å²) in [6.45, 7) is 4.30. The van der Waals surface area contributed by atoms with E-state index in [1.165, 1.54) is 43.4 Å². The van der Waals surface area contributed by atoms with E-state index in [1.807, 2.05) is 0 Å². The van der Waals surface area contributed by atoms with Crippen molar-refractivity contribution in [3.8, 4) is 0 Å². The van der Waals surface area contributed by atoms with Crippen molar-refractivity contribution in [3.63, 3.8) is 0 Å². The van der Waals surface area contributed by atoms with Gasteiger partial charge in [0.15, 0.2) is 0 Å². The van der Waals surface area contributed by atoms with Gasteiger partial charge in [-0.1, -0.05) is 29.8 Å². The molecule has 4 atom stereocenters. The fourth-order valence-electron chi connectivity index (χ4n) is 4.84. The van der Waals surface area contributed by atoms with E-state index >= 15 is 0 Å². The number of benzene rings is 1. The highest BCUT2D eigenvalue weighted by molar-refractivity contribution is 5.83. The molecule has 2 saturated heterocycles. The van der Waals surface area contributed by atoms with Gasteiger partial charge in [-0.05, 0) is 64.1 Å². The number of carbonyl (C=O) groups excluding carboxylic acids is 1. The first-order valence-electron chi connectivity index (χ1n) is 9.22. The predicted molar refractivity (Wildman–Crippen MR) is 92.4 cm³/mol. The molecule has 0 unspecified atom stereocenters. The first-order chi connectivity index (χ1) is 11.1. The minimum atomic E-state index is 0.240. The van der Waals surface area contributed by atoms with Crippen LogP contribution >= 0.6 is 0 Å². The van der Waals surface area contributed by atoms with E-state index in [9.17, 15) is 4.79 Å². The van der Waals surface area contributed by atoms with E-state index in [4.69, 9.17) is 0 Å². The Hall–Kier alpha value is -1.35. The summed E-state index contributed by atoms with van der Waals surface area (Å²) < 4.78 is 0. The van der Waals surface area contributed by atoms with Crippen molar-refractivity contribution in [2.75, 3.05) is 20.1 Å². The van der Waals surface area contributed by atoms with Crippen LogP contribution in [0.15, 0.2) is 24.3 Å². The van der Waals surface area contributed by atoms with Crippen LogP contribution in [0.5, 0.6) is 0 Å². The van der Waals surface area contributed by atoms with Gasteiger partial charge in [0.1, 0.15) is 0 Å². The Balaban J connectivity index is 1.45. The lowest BCUT2D eigenvalue weighted by Gasteiger charge is -2.33. The summed E-state index contributed by atoms with van der Waals surface area (Å²) in [6, 6.07) is 9.76.